The fourth-order valence-corrected chi connectivity index (χ4v) is 1.56. The summed E-state index contributed by atoms with van der Waals surface area (Å²) in [7, 11) is 0. The minimum absolute atomic E-state index is 1.01. The van der Waals surface area contributed by atoms with Crippen molar-refractivity contribution in [3.63, 3.8) is 0 Å². The van der Waals surface area contributed by atoms with Gasteiger partial charge in [-0.05, 0) is 34.5 Å². The van der Waals surface area contributed by atoms with Gasteiger partial charge in [-0.1, -0.05) is 6.92 Å². The van der Waals surface area contributed by atoms with Gasteiger partial charge < -0.3 is 4.98 Å². The third-order valence-corrected chi connectivity index (χ3v) is 2.31. The molecule has 2 aromatic heterocycles. The first kappa shape index (κ1) is 7.80. The zero-order valence-electron chi connectivity index (χ0n) is 6.76. The number of H-pyrrole nitrogens is 1. The van der Waals surface area contributed by atoms with Gasteiger partial charge in [0, 0.05) is 16.4 Å². The van der Waals surface area contributed by atoms with Crippen LogP contribution in [0.3, 0.4) is 0 Å². The van der Waals surface area contributed by atoms with Crippen LogP contribution >= 0.6 is 15.9 Å². The number of hydrogen-bond acceptors (Lipinski definition) is 1. The predicted octanol–water partition coefficient (Wildman–Crippen LogP) is 2.89. The molecule has 0 amide bonds. The SMILES string of the molecule is CCc1cc2ncc(Br)cc2[nH]1. The third kappa shape index (κ3) is 1.25. The Balaban J connectivity index is 2.67. The van der Waals surface area contributed by atoms with E-state index in [2.05, 4.69) is 38.9 Å². The number of aryl methyl sites for hydroxylation is 1. The lowest BCUT2D eigenvalue weighted by Crippen LogP contribution is -1.75. The van der Waals surface area contributed by atoms with E-state index in [1.807, 2.05) is 12.3 Å². The van der Waals surface area contributed by atoms with Crippen molar-refractivity contribution in [1.82, 2.24) is 9.97 Å². The summed E-state index contributed by atoms with van der Waals surface area (Å²) < 4.78 is 1.01. The van der Waals surface area contributed by atoms with Crippen molar-refractivity contribution in [3.05, 3.63) is 28.5 Å². The summed E-state index contributed by atoms with van der Waals surface area (Å²) in [5, 5.41) is 0. The summed E-state index contributed by atoms with van der Waals surface area (Å²) in [6.07, 6.45) is 2.84. The van der Waals surface area contributed by atoms with Crippen LogP contribution in [0.4, 0.5) is 0 Å². The van der Waals surface area contributed by atoms with Crippen LogP contribution in [0.25, 0.3) is 11.0 Å². The Morgan fingerprint density at radius 3 is 3.08 bits per heavy atom. The Hall–Kier alpha value is -0.830. The number of hydrogen-bond donors (Lipinski definition) is 1. The van der Waals surface area contributed by atoms with Crippen molar-refractivity contribution in [3.8, 4) is 0 Å². The van der Waals surface area contributed by atoms with Crippen molar-refractivity contribution in [2.75, 3.05) is 0 Å². The Labute approximate surface area is 79.1 Å². The van der Waals surface area contributed by atoms with E-state index in [0.29, 0.717) is 0 Å². The Morgan fingerprint density at radius 2 is 2.33 bits per heavy atom. The van der Waals surface area contributed by atoms with Gasteiger partial charge in [0.15, 0.2) is 0 Å². The van der Waals surface area contributed by atoms with Crippen LogP contribution < -0.4 is 0 Å². The molecule has 2 nitrogen and oxygen atoms in total. The molecular formula is C9H9BrN2. The molecule has 0 bridgehead atoms. The summed E-state index contributed by atoms with van der Waals surface area (Å²) >= 11 is 3.38. The molecule has 0 radical (unpaired) electrons. The van der Waals surface area contributed by atoms with E-state index in [9.17, 15) is 0 Å². The maximum absolute atomic E-state index is 4.27. The second kappa shape index (κ2) is 2.90. The molecule has 0 aliphatic rings. The number of fused-ring (bicyclic) bond motifs is 1. The minimum atomic E-state index is 1.01. The van der Waals surface area contributed by atoms with Crippen molar-refractivity contribution < 1.29 is 0 Å². The van der Waals surface area contributed by atoms with Crippen molar-refractivity contribution in [1.29, 1.82) is 0 Å². The Bertz CT molecular complexity index is 406. The predicted molar refractivity (Wildman–Crippen MR) is 53.2 cm³/mol. The zero-order valence-corrected chi connectivity index (χ0v) is 8.35. The number of nitrogens with one attached hydrogen (secondary N) is 1. The Morgan fingerprint density at radius 1 is 1.50 bits per heavy atom. The molecule has 1 N–H and O–H groups in total. The van der Waals surface area contributed by atoms with Gasteiger partial charge in [0.1, 0.15) is 0 Å². The monoisotopic (exact) mass is 224 g/mol. The highest BCUT2D eigenvalue weighted by molar-refractivity contribution is 9.10. The summed E-state index contributed by atoms with van der Waals surface area (Å²) in [4.78, 5) is 7.56. The van der Waals surface area contributed by atoms with E-state index in [0.717, 1.165) is 21.9 Å². The third-order valence-electron chi connectivity index (χ3n) is 1.87. The van der Waals surface area contributed by atoms with Gasteiger partial charge in [-0.2, -0.15) is 0 Å². The molecule has 3 heteroatoms. The first-order chi connectivity index (χ1) is 5.79. The second-order valence-corrected chi connectivity index (χ2v) is 3.65. The molecule has 0 aliphatic heterocycles. The highest BCUT2D eigenvalue weighted by Crippen LogP contribution is 2.17. The smallest absolute Gasteiger partial charge is 0.0882 e. The summed E-state index contributed by atoms with van der Waals surface area (Å²) in [5.74, 6) is 0. The second-order valence-electron chi connectivity index (χ2n) is 2.73. The molecule has 0 unspecified atom stereocenters. The minimum Gasteiger partial charge on any atom is -0.357 e. The standard InChI is InChI=1S/C9H9BrN2/c1-2-7-4-8-9(12-7)3-6(10)5-11-8/h3-5,12H,2H2,1H3. The van der Waals surface area contributed by atoms with Crippen LogP contribution in [-0.4, -0.2) is 9.97 Å². The highest BCUT2D eigenvalue weighted by Gasteiger charge is 1.99. The zero-order chi connectivity index (χ0) is 8.55. The number of pyridine rings is 1. The average Bonchev–Trinajstić information content (AvgIpc) is 2.46. The molecule has 0 aliphatic carbocycles. The molecule has 62 valence electrons. The lowest BCUT2D eigenvalue weighted by atomic mass is 10.3. The normalized spacial score (nSPS) is 10.8. The fraction of sp³-hybridized carbons (Fsp3) is 0.222. The van der Waals surface area contributed by atoms with E-state index in [1.165, 1.54) is 5.69 Å². The molecule has 2 heterocycles. The van der Waals surface area contributed by atoms with Crippen molar-refractivity contribution in [2.24, 2.45) is 0 Å². The molecule has 0 atom stereocenters. The number of aromatic nitrogens is 2. The molecule has 0 saturated carbocycles. The molecule has 2 rings (SSSR count). The van der Waals surface area contributed by atoms with Crippen molar-refractivity contribution >= 4 is 27.0 Å². The Kier molecular flexibility index (Phi) is 1.89. The lowest BCUT2D eigenvalue weighted by Gasteiger charge is -1.88. The molecule has 12 heavy (non-hydrogen) atoms. The van der Waals surface area contributed by atoms with Gasteiger partial charge in [0.05, 0.1) is 11.0 Å². The number of halogens is 1. The molecule has 0 aromatic carbocycles. The number of aromatic amines is 1. The van der Waals surface area contributed by atoms with E-state index in [1.54, 1.807) is 0 Å². The van der Waals surface area contributed by atoms with Crippen LogP contribution in [0.2, 0.25) is 0 Å². The lowest BCUT2D eigenvalue weighted by molar-refractivity contribution is 1.07. The first-order valence-corrected chi connectivity index (χ1v) is 4.72. The fourth-order valence-electron chi connectivity index (χ4n) is 1.23. The topological polar surface area (TPSA) is 28.7 Å². The van der Waals surface area contributed by atoms with Crippen LogP contribution in [0, 0.1) is 0 Å². The quantitative estimate of drug-likeness (QED) is 0.794. The van der Waals surface area contributed by atoms with Crippen LogP contribution in [-0.2, 0) is 6.42 Å². The molecular weight excluding hydrogens is 216 g/mol. The van der Waals surface area contributed by atoms with E-state index < -0.39 is 0 Å². The van der Waals surface area contributed by atoms with Gasteiger partial charge >= 0.3 is 0 Å². The molecule has 0 fully saturated rings. The van der Waals surface area contributed by atoms with Crippen LogP contribution in [0.1, 0.15) is 12.6 Å². The van der Waals surface area contributed by atoms with Crippen LogP contribution in [0.15, 0.2) is 22.8 Å². The van der Waals surface area contributed by atoms with Gasteiger partial charge in [-0.15, -0.1) is 0 Å². The van der Waals surface area contributed by atoms with Crippen LogP contribution in [0.5, 0.6) is 0 Å². The van der Waals surface area contributed by atoms with Gasteiger partial charge in [0.25, 0.3) is 0 Å². The summed E-state index contributed by atoms with van der Waals surface area (Å²) in [5.41, 5.74) is 3.37. The van der Waals surface area contributed by atoms with Gasteiger partial charge in [-0.25, -0.2) is 0 Å². The largest absolute Gasteiger partial charge is 0.357 e. The summed E-state index contributed by atoms with van der Waals surface area (Å²) in [6, 6.07) is 4.13. The number of nitrogens with zero attached hydrogens (tertiary/aromatic N) is 1. The van der Waals surface area contributed by atoms with E-state index in [-0.39, 0.29) is 0 Å². The van der Waals surface area contributed by atoms with Gasteiger partial charge in [0.2, 0.25) is 0 Å². The maximum atomic E-state index is 4.27. The van der Waals surface area contributed by atoms with Crippen molar-refractivity contribution in [2.45, 2.75) is 13.3 Å². The van der Waals surface area contributed by atoms with Gasteiger partial charge in [-0.3, -0.25) is 4.98 Å². The molecule has 0 spiro atoms. The molecule has 0 saturated heterocycles. The van der Waals surface area contributed by atoms with E-state index in [4.69, 9.17) is 0 Å². The summed E-state index contributed by atoms with van der Waals surface area (Å²) in [6.45, 7) is 2.12. The first-order valence-electron chi connectivity index (χ1n) is 3.92. The highest BCUT2D eigenvalue weighted by atomic mass is 79.9. The molecule has 2 aromatic rings. The average molecular weight is 225 g/mol. The van der Waals surface area contributed by atoms with E-state index >= 15 is 0 Å². The maximum Gasteiger partial charge on any atom is 0.0882 e. The number of rotatable bonds is 1.